The Bertz CT molecular complexity index is 864. The maximum atomic E-state index is 13.2. The van der Waals surface area contributed by atoms with Crippen molar-refractivity contribution in [3.05, 3.63) is 59.7 Å². The van der Waals surface area contributed by atoms with Crippen molar-refractivity contribution in [2.75, 3.05) is 13.1 Å². The maximum Gasteiger partial charge on any atom is 0.407 e. The quantitative estimate of drug-likeness (QED) is 0.793. The zero-order chi connectivity index (χ0) is 20.9. The molecular weight excluding hydrogens is 364 g/mol. The molecule has 5 heteroatoms. The number of hydrogen-bond acceptors (Lipinski definition) is 3. The second-order valence-electron chi connectivity index (χ2n) is 8.41. The molecule has 29 heavy (non-hydrogen) atoms. The van der Waals surface area contributed by atoms with Gasteiger partial charge in [-0.15, -0.1) is 0 Å². The standard InChI is InChI=1S/C24H30N2O3/c1-24(2,3)29-23(28)25-17-18-11-5-6-12-19(18)20-13-7-8-14-21(20)22(27)26-15-9-4-10-16-26/h5-8,11-14H,4,9-10,15-17H2,1-3H3,(H,25,28). The number of ether oxygens (including phenoxy) is 1. The molecule has 1 N–H and O–H groups in total. The molecule has 0 atom stereocenters. The van der Waals surface area contributed by atoms with Crippen LogP contribution in [-0.2, 0) is 11.3 Å². The minimum atomic E-state index is -0.545. The molecule has 2 amide bonds. The van der Waals surface area contributed by atoms with Gasteiger partial charge in [0.2, 0.25) is 0 Å². The Morgan fingerprint density at radius 3 is 2.24 bits per heavy atom. The predicted octanol–water partition coefficient (Wildman–Crippen LogP) is 5.00. The van der Waals surface area contributed by atoms with E-state index in [4.69, 9.17) is 4.74 Å². The van der Waals surface area contributed by atoms with Crippen LogP contribution in [0.15, 0.2) is 48.5 Å². The molecular formula is C24H30N2O3. The van der Waals surface area contributed by atoms with Crippen LogP contribution < -0.4 is 5.32 Å². The van der Waals surface area contributed by atoms with Crippen molar-refractivity contribution in [3.8, 4) is 11.1 Å². The molecule has 0 saturated carbocycles. The molecule has 0 bridgehead atoms. The second-order valence-corrected chi connectivity index (χ2v) is 8.41. The molecule has 0 radical (unpaired) electrons. The molecule has 0 aliphatic carbocycles. The maximum absolute atomic E-state index is 13.2. The van der Waals surface area contributed by atoms with E-state index in [0.29, 0.717) is 12.1 Å². The highest BCUT2D eigenvalue weighted by Gasteiger charge is 2.22. The molecule has 2 aromatic rings. The van der Waals surface area contributed by atoms with E-state index in [1.165, 1.54) is 6.42 Å². The summed E-state index contributed by atoms with van der Waals surface area (Å²) in [4.78, 5) is 27.2. The smallest absolute Gasteiger partial charge is 0.407 e. The van der Waals surface area contributed by atoms with E-state index in [2.05, 4.69) is 5.32 Å². The number of rotatable bonds is 4. The number of hydrogen-bond donors (Lipinski definition) is 1. The van der Waals surface area contributed by atoms with E-state index in [9.17, 15) is 9.59 Å². The molecule has 1 aliphatic heterocycles. The average molecular weight is 395 g/mol. The van der Waals surface area contributed by atoms with Crippen molar-refractivity contribution in [1.29, 1.82) is 0 Å². The van der Waals surface area contributed by atoms with Crippen molar-refractivity contribution in [1.82, 2.24) is 10.2 Å². The molecule has 1 aliphatic rings. The Hall–Kier alpha value is -2.82. The summed E-state index contributed by atoms with van der Waals surface area (Å²) in [6.45, 7) is 7.47. The fraction of sp³-hybridized carbons (Fsp3) is 0.417. The number of piperidine rings is 1. The van der Waals surface area contributed by atoms with Crippen molar-refractivity contribution < 1.29 is 14.3 Å². The summed E-state index contributed by atoms with van der Waals surface area (Å²) in [6, 6.07) is 15.6. The van der Waals surface area contributed by atoms with Gasteiger partial charge in [0.1, 0.15) is 5.60 Å². The Kier molecular flexibility index (Phi) is 6.57. The molecule has 0 unspecified atom stereocenters. The number of nitrogens with one attached hydrogen (secondary N) is 1. The van der Waals surface area contributed by atoms with Crippen molar-refractivity contribution in [3.63, 3.8) is 0 Å². The van der Waals surface area contributed by atoms with Crippen LogP contribution in [0.3, 0.4) is 0 Å². The molecule has 3 rings (SSSR count). The van der Waals surface area contributed by atoms with Crippen LogP contribution in [0.1, 0.15) is 56.0 Å². The Morgan fingerprint density at radius 2 is 1.55 bits per heavy atom. The molecule has 2 aromatic carbocycles. The molecule has 0 spiro atoms. The lowest BCUT2D eigenvalue weighted by Crippen LogP contribution is -2.35. The third kappa shape index (κ3) is 5.59. The summed E-state index contributed by atoms with van der Waals surface area (Å²) in [6.07, 6.45) is 2.85. The van der Waals surface area contributed by atoms with Gasteiger partial charge in [-0.1, -0.05) is 42.5 Å². The summed E-state index contributed by atoms with van der Waals surface area (Å²) in [7, 11) is 0. The number of carbonyl (C=O) groups is 2. The van der Waals surface area contributed by atoms with E-state index in [1.807, 2.05) is 74.2 Å². The summed E-state index contributed by atoms with van der Waals surface area (Å²) in [5.74, 6) is 0.0789. The number of likely N-dealkylation sites (tertiary alicyclic amines) is 1. The van der Waals surface area contributed by atoms with E-state index in [-0.39, 0.29) is 5.91 Å². The first-order valence-corrected chi connectivity index (χ1v) is 10.3. The third-order valence-electron chi connectivity index (χ3n) is 4.93. The Labute approximate surface area is 173 Å². The van der Waals surface area contributed by atoms with Crippen molar-refractivity contribution in [2.24, 2.45) is 0 Å². The van der Waals surface area contributed by atoms with Crippen LogP contribution in [-0.4, -0.2) is 35.6 Å². The third-order valence-corrected chi connectivity index (χ3v) is 4.93. The van der Waals surface area contributed by atoms with Gasteiger partial charge in [-0.05, 0) is 62.8 Å². The first kappa shape index (κ1) is 20.9. The lowest BCUT2D eigenvalue weighted by atomic mass is 9.94. The molecule has 1 heterocycles. The zero-order valence-corrected chi connectivity index (χ0v) is 17.5. The second kappa shape index (κ2) is 9.12. The SMILES string of the molecule is CC(C)(C)OC(=O)NCc1ccccc1-c1ccccc1C(=O)N1CCCCC1. The zero-order valence-electron chi connectivity index (χ0n) is 17.5. The fourth-order valence-electron chi connectivity index (χ4n) is 3.59. The number of benzene rings is 2. The topological polar surface area (TPSA) is 58.6 Å². The van der Waals surface area contributed by atoms with Crippen LogP contribution in [0.4, 0.5) is 4.79 Å². The van der Waals surface area contributed by atoms with Gasteiger partial charge in [0.25, 0.3) is 5.91 Å². The lowest BCUT2D eigenvalue weighted by Gasteiger charge is -2.27. The summed E-state index contributed by atoms with van der Waals surface area (Å²) in [5, 5.41) is 2.82. The van der Waals surface area contributed by atoms with Crippen LogP contribution in [0, 0.1) is 0 Å². The number of nitrogens with zero attached hydrogens (tertiary/aromatic N) is 1. The van der Waals surface area contributed by atoms with Gasteiger partial charge in [-0.25, -0.2) is 4.79 Å². The van der Waals surface area contributed by atoms with Crippen LogP contribution in [0.25, 0.3) is 11.1 Å². The van der Waals surface area contributed by atoms with Gasteiger partial charge < -0.3 is 15.0 Å². The van der Waals surface area contributed by atoms with E-state index in [1.54, 1.807) is 0 Å². The van der Waals surface area contributed by atoms with Gasteiger partial charge >= 0.3 is 6.09 Å². The monoisotopic (exact) mass is 394 g/mol. The highest BCUT2D eigenvalue weighted by molar-refractivity contribution is 6.01. The van der Waals surface area contributed by atoms with Crippen LogP contribution in [0.5, 0.6) is 0 Å². The van der Waals surface area contributed by atoms with Crippen molar-refractivity contribution in [2.45, 2.75) is 52.2 Å². The molecule has 0 aromatic heterocycles. The van der Waals surface area contributed by atoms with Crippen LogP contribution in [0.2, 0.25) is 0 Å². The van der Waals surface area contributed by atoms with E-state index < -0.39 is 11.7 Å². The molecule has 154 valence electrons. The summed E-state index contributed by atoms with van der Waals surface area (Å²) in [5.41, 5.74) is 2.95. The average Bonchev–Trinajstić information content (AvgIpc) is 2.71. The van der Waals surface area contributed by atoms with Gasteiger partial charge in [0.05, 0.1) is 0 Å². The molecule has 5 nitrogen and oxygen atoms in total. The van der Waals surface area contributed by atoms with E-state index >= 15 is 0 Å². The number of carbonyl (C=O) groups excluding carboxylic acids is 2. The summed E-state index contributed by atoms with van der Waals surface area (Å²) >= 11 is 0. The minimum absolute atomic E-state index is 0.0789. The predicted molar refractivity (Wildman–Crippen MR) is 115 cm³/mol. The van der Waals surface area contributed by atoms with E-state index in [0.717, 1.165) is 42.6 Å². The van der Waals surface area contributed by atoms with Crippen molar-refractivity contribution >= 4 is 12.0 Å². The fourth-order valence-corrected chi connectivity index (χ4v) is 3.59. The Balaban J connectivity index is 1.84. The number of alkyl carbamates (subject to hydrolysis) is 1. The van der Waals surface area contributed by atoms with Crippen LogP contribution >= 0.6 is 0 Å². The van der Waals surface area contributed by atoms with Gasteiger partial charge in [0.15, 0.2) is 0 Å². The van der Waals surface area contributed by atoms with Gasteiger partial charge in [-0.3, -0.25) is 4.79 Å². The molecule has 1 saturated heterocycles. The number of amides is 2. The highest BCUT2D eigenvalue weighted by atomic mass is 16.6. The minimum Gasteiger partial charge on any atom is -0.444 e. The molecule has 1 fully saturated rings. The largest absolute Gasteiger partial charge is 0.444 e. The first-order valence-electron chi connectivity index (χ1n) is 10.3. The normalized spacial score (nSPS) is 14.4. The first-order chi connectivity index (χ1) is 13.8. The van der Waals surface area contributed by atoms with Gasteiger partial charge in [0, 0.05) is 25.2 Å². The Morgan fingerprint density at radius 1 is 0.931 bits per heavy atom. The highest BCUT2D eigenvalue weighted by Crippen LogP contribution is 2.29. The summed E-state index contributed by atoms with van der Waals surface area (Å²) < 4.78 is 5.34. The lowest BCUT2D eigenvalue weighted by molar-refractivity contribution is 0.0523. The van der Waals surface area contributed by atoms with Gasteiger partial charge in [-0.2, -0.15) is 0 Å².